The van der Waals surface area contributed by atoms with E-state index in [2.05, 4.69) is 9.38 Å². The first-order valence-corrected chi connectivity index (χ1v) is 13.4. The Balaban J connectivity index is -0.00000163. The molecule has 0 saturated heterocycles. The monoisotopic (exact) mass is 570 g/mol. The molecule has 214 valence electrons. The fourth-order valence-corrected chi connectivity index (χ4v) is 3.10. The molecule has 0 aliphatic heterocycles. The Morgan fingerprint density at radius 2 is 1.65 bits per heavy atom. The van der Waals surface area contributed by atoms with Crippen molar-refractivity contribution in [2.75, 3.05) is 6.61 Å². The lowest BCUT2D eigenvalue weighted by atomic mass is 10.0. The Hall–Kier alpha value is -1.84. The van der Waals surface area contributed by atoms with Crippen LogP contribution >= 0.6 is 23.5 Å². The van der Waals surface area contributed by atoms with E-state index in [1.54, 1.807) is 6.92 Å². The smallest absolute Gasteiger partial charge is 0.420 e. The predicted molar refractivity (Wildman–Crippen MR) is 152 cm³/mol. The van der Waals surface area contributed by atoms with E-state index < -0.39 is 23.8 Å². The third-order valence-electron chi connectivity index (χ3n) is 3.86. The van der Waals surface area contributed by atoms with Crippen LogP contribution in [-0.4, -0.2) is 33.3 Å². The second-order valence-corrected chi connectivity index (χ2v) is 9.93. The Labute approximate surface area is 230 Å². The maximum Gasteiger partial charge on any atom is 0.420 e. The van der Waals surface area contributed by atoms with Gasteiger partial charge in [-0.05, 0) is 76.4 Å². The molecule has 2 aromatic rings. The van der Waals surface area contributed by atoms with Crippen molar-refractivity contribution in [3.63, 3.8) is 0 Å². The quantitative estimate of drug-likeness (QED) is 0.213. The van der Waals surface area contributed by atoms with Gasteiger partial charge in [-0.2, -0.15) is 13.2 Å². The lowest BCUT2D eigenvalue weighted by Gasteiger charge is -2.19. The maximum absolute atomic E-state index is 13.6. The molecule has 0 radical (unpaired) electrons. The van der Waals surface area contributed by atoms with Crippen LogP contribution in [0.1, 0.15) is 88.0 Å². The fraction of sp³-hybridized carbons (Fsp3) is 0.556. The highest BCUT2D eigenvalue weighted by Gasteiger charge is 2.41. The van der Waals surface area contributed by atoms with E-state index in [4.69, 9.17) is 16.3 Å². The van der Waals surface area contributed by atoms with Crippen LogP contribution in [0.5, 0.6) is 5.75 Å². The van der Waals surface area contributed by atoms with Gasteiger partial charge in [0.25, 0.3) is 0 Å². The third kappa shape index (κ3) is 13.0. The highest BCUT2D eigenvalue weighted by atomic mass is 35.5. The first kappa shape index (κ1) is 37.3. The van der Waals surface area contributed by atoms with E-state index in [0.29, 0.717) is 11.3 Å². The van der Waals surface area contributed by atoms with Gasteiger partial charge in [0.1, 0.15) is 23.9 Å². The summed E-state index contributed by atoms with van der Waals surface area (Å²) in [5.41, 5.74) is 0.638. The van der Waals surface area contributed by atoms with Crippen molar-refractivity contribution in [2.45, 2.75) is 93.2 Å². The number of aromatic nitrogens is 1. The average Bonchev–Trinajstić information content (AvgIpc) is 2.85. The van der Waals surface area contributed by atoms with E-state index in [1.807, 2.05) is 62.3 Å². The molecular weight excluding hydrogens is 528 g/mol. The Morgan fingerprint density at radius 1 is 1.11 bits per heavy atom. The van der Waals surface area contributed by atoms with Crippen molar-refractivity contribution in [3.05, 3.63) is 46.4 Å². The SMILES string of the molecule is C/C(COc1c(C)cc(C(O)C(F)(F)F)nc1-c1ccc(F)c(Cl)c1)=N\SC(C)(C)C.CC.CC.CC.[HH]. The molecule has 0 saturated carbocycles. The van der Waals surface area contributed by atoms with E-state index in [1.165, 1.54) is 31.0 Å². The van der Waals surface area contributed by atoms with Crippen LogP contribution in [0.4, 0.5) is 17.6 Å². The Kier molecular flexibility index (Phi) is 17.8. The number of aryl methyl sites for hydroxylation is 1. The molecule has 1 unspecified atom stereocenters. The van der Waals surface area contributed by atoms with Crippen LogP contribution in [0, 0.1) is 12.7 Å². The summed E-state index contributed by atoms with van der Waals surface area (Å²) < 4.78 is 62.8. The van der Waals surface area contributed by atoms with Gasteiger partial charge in [0.2, 0.25) is 0 Å². The lowest BCUT2D eigenvalue weighted by Crippen LogP contribution is -2.22. The highest BCUT2D eigenvalue weighted by molar-refractivity contribution is 7.99. The van der Waals surface area contributed by atoms with Crippen molar-refractivity contribution in [1.82, 2.24) is 4.98 Å². The fourth-order valence-electron chi connectivity index (χ4n) is 2.43. The molecule has 1 aromatic carbocycles. The summed E-state index contributed by atoms with van der Waals surface area (Å²) in [6.07, 6.45) is -7.67. The van der Waals surface area contributed by atoms with Crippen molar-refractivity contribution < 1.29 is 28.8 Å². The minimum absolute atomic E-state index is 0. The molecule has 0 aliphatic carbocycles. The van der Waals surface area contributed by atoms with Gasteiger partial charge >= 0.3 is 6.18 Å². The largest absolute Gasteiger partial charge is 0.485 e. The van der Waals surface area contributed by atoms with Crippen LogP contribution in [-0.2, 0) is 0 Å². The molecule has 1 atom stereocenters. The molecule has 37 heavy (non-hydrogen) atoms. The van der Waals surface area contributed by atoms with Crippen LogP contribution < -0.4 is 4.74 Å². The molecule has 1 N–H and O–H groups in total. The standard InChI is InChI=1S/C21H23ClF4N2O2S.3C2H6.H2/c1-11-8-16(19(29)21(24,25)26)27-17(13-6-7-15(23)14(22)9-13)18(11)30-10-12(2)28-31-20(3,4)5;3*1-2;/h6-9,19,29H,10H2,1-5H3;3*1-2H3;1H/b28-12+;;;;. The Bertz CT molecular complexity index is 985. The summed E-state index contributed by atoms with van der Waals surface area (Å²) in [7, 11) is 0. The molecule has 2 rings (SSSR count). The zero-order valence-corrected chi connectivity index (χ0v) is 25.2. The molecule has 10 heteroatoms. The van der Waals surface area contributed by atoms with Gasteiger partial charge in [-0.25, -0.2) is 13.8 Å². The van der Waals surface area contributed by atoms with E-state index in [0.717, 1.165) is 12.1 Å². The number of nitrogens with zero attached hydrogens (tertiary/aromatic N) is 2. The zero-order chi connectivity index (χ0) is 29.6. The molecular formula is C27H43ClF4N2O2S. The molecule has 1 aromatic heterocycles. The summed E-state index contributed by atoms with van der Waals surface area (Å²) in [4.78, 5) is 3.98. The molecule has 4 nitrogen and oxygen atoms in total. The van der Waals surface area contributed by atoms with Gasteiger partial charge in [-0.3, -0.25) is 0 Å². The van der Waals surface area contributed by atoms with Crippen molar-refractivity contribution in [2.24, 2.45) is 4.40 Å². The van der Waals surface area contributed by atoms with Crippen LogP contribution in [0.2, 0.25) is 5.02 Å². The molecule has 0 bridgehead atoms. The van der Waals surface area contributed by atoms with Gasteiger partial charge < -0.3 is 9.84 Å². The third-order valence-corrected chi connectivity index (χ3v) is 5.10. The van der Waals surface area contributed by atoms with Crippen LogP contribution in [0.25, 0.3) is 11.3 Å². The number of hydrogen-bond acceptors (Lipinski definition) is 5. The number of aliphatic hydroxyl groups excluding tert-OH is 1. The van der Waals surface area contributed by atoms with Gasteiger partial charge in [0, 0.05) is 11.7 Å². The number of pyridine rings is 1. The number of aliphatic hydroxyl groups is 1. The van der Waals surface area contributed by atoms with Crippen LogP contribution in [0.15, 0.2) is 28.7 Å². The van der Waals surface area contributed by atoms with Crippen molar-refractivity contribution in [1.29, 1.82) is 0 Å². The Morgan fingerprint density at radius 3 is 2.11 bits per heavy atom. The molecule has 0 spiro atoms. The highest BCUT2D eigenvalue weighted by Crippen LogP contribution is 2.38. The number of hydrogen-bond donors (Lipinski definition) is 1. The predicted octanol–water partition coefficient (Wildman–Crippen LogP) is 10.1. The van der Waals surface area contributed by atoms with Crippen LogP contribution in [0.3, 0.4) is 0 Å². The minimum Gasteiger partial charge on any atom is -0.485 e. The molecule has 0 aliphatic rings. The minimum atomic E-state index is -4.90. The number of alkyl halides is 3. The molecule has 0 fully saturated rings. The summed E-state index contributed by atoms with van der Waals surface area (Å²) in [5, 5.41) is 9.45. The van der Waals surface area contributed by atoms with Gasteiger partial charge in [-0.15, -0.1) is 0 Å². The van der Waals surface area contributed by atoms with Crippen molar-refractivity contribution >= 4 is 29.3 Å². The molecule has 0 amide bonds. The number of benzene rings is 1. The summed E-state index contributed by atoms with van der Waals surface area (Å²) in [6.45, 7) is 21.4. The van der Waals surface area contributed by atoms with E-state index >= 15 is 0 Å². The normalized spacial score (nSPS) is 12.2. The summed E-state index contributed by atoms with van der Waals surface area (Å²) >= 11 is 7.22. The number of ether oxygens (including phenoxy) is 1. The second kappa shape index (κ2) is 17.6. The van der Waals surface area contributed by atoms with E-state index in [-0.39, 0.29) is 34.8 Å². The van der Waals surface area contributed by atoms with E-state index in [9.17, 15) is 22.7 Å². The number of halogens is 5. The van der Waals surface area contributed by atoms with Gasteiger partial charge in [-0.1, -0.05) is 53.1 Å². The second-order valence-electron chi connectivity index (χ2n) is 7.93. The first-order chi connectivity index (χ1) is 17.2. The zero-order valence-electron chi connectivity index (χ0n) is 23.6. The van der Waals surface area contributed by atoms with Gasteiger partial charge in [0.15, 0.2) is 6.10 Å². The maximum atomic E-state index is 13.6. The topological polar surface area (TPSA) is 54.7 Å². The van der Waals surface area contributed by atoms with Crippen molar-refractivity contribution in [3.8, 4) is 17.0 Å². The lowest BCUT2D eigenvalue weighted by molar-refractivity contribution is -0.207. The summed E-state index contributed by atoms with van der Waals surface area (Å²) in [5.74, 6) is -0.491. The number of rotatable bonds is 6. The average molecular weight is 571 g/mol. The molecule has 1 heterocycles. The first-order valence-electron chi connectivity index (χ1n) is 12.2. The van der Waals surface area contributed by atoms with Gasteiger partial charge in [0.05, 0.1) is 16.4 Å². The summed E-state index contributed by atoms with van der Waals surface area (Å²) in [6, 6.07) is 4.76.